The summed E-state index contributed by atoms with van der Waals surface area (Å²) in [4.78, 5) is 1.73. The number of nitrogens with zero attached hydrogens (tertiary/aromatic N) is 1. The lowest BCUT2D eigenvalue weighted by Gasteiger charge is -2.16. The summed E-state index contributed by atoms with van der Waals surface area (Å²) in [6.07, 6.45) is 0. The molecule has 0 aromatic heterocycles. The SMILES string of the molecule is CC(CO)c1ccc(F)c(N(C)C)c1. The first-order valence-electron chi connectivity index (χ1n) is 4.64. The van der Waals surface area contributed by atoms with E-state index < -0.39 is 0 Å². The van der Waals surface area contributed by atoms with E-state index in [1.807, 2.05) is 6.92 Å². The molecular formula is C11H16FNO. The topological polar surface area (TPSA) is 23.5 Å². The van der Waals surface area contributed by atoms with Crippen LogP contribution >= 0.6 is 0 Å². The standard InChI is InChI=1S/C11H16FNO/c1-8(7-14)9-4-5-10(12)11(6-9)13(2)3/h4-6,8,14H,7H2,1-3H3. The first-order chi connectivity index (χ1) is 6.56. The smallest absolute Gasteiger partial charge is 0.146 e. The molecule has 0 heterocycles. The van der Waals surface area contributed by atoms with Gasteiger partial charge in [-0.3, -0.25) is 0 Å². The van der Waals surface area contributed by atoms with Gasteiger partial charge in [-0.2, -0.15) is 0 Å². The lowest BCUT2D eigenvalue weighted by atomic mass is 10.0. The van der Waals surface area contributed by atoms with Gasteiger partial charge in [0.05, 0.1) is 5.69 Å². The molecule has 1 aromatic carbocycles. The van der Waals surface area contributed by atoms with Gasteiger partial charge in [0.2, 0.25) is 0 Å². The van der Waals surface area contributed by atoms with E-state index >= 15 is 0 Å². The van der Waals surface area contributed by atoms with Crippen molar-refractivity contribution in [2.45, 2.75) is 12.8 Å². The Morgan fingerprint density at radius 3 is 2.57 bits per heavy atom. The summed E-state index contributed by atoms with van der Waals surface area (Å²) in [5, 5.41) is 8.98. The summed E-state index contributed by atoms with van der Waals surface area (Å²) in [6, 6.07) is 4.93. The van der Waals surface area contributed by atoms with Gasteiger partial charge in [0.15, 0.2) is 0 Å². The molecule has 2 nitrogen and oxygen atoms in total. The van der Waals surface area contributed by atoms with E-state index in [0.717, 1.165) is 5.56 Å². The Hall–Kier alpha value is -1.09. The quantitative estimate of drug-likeness (QED) is 0.801. The van der Waals surface area contributed by atoms with Crippen LogP contribution in [0.25, 0.3) is 0 Å². The highest BCUT2D eigenvalue weighted by Crippen LogP contribution is 2.23. The van der Waals surface area contributed by atoms with Crippen LogP contribution in [0.4, 0.5) is 10.1 Å². The van der Waals surface area contributed by atoms with Crippen molar-refractivity contribution in [3.05, 3.63) is 29.6 Å². The second-order valence-corrected chi connectivity index (χ2v) is 3.69. The predicted octanol–water partition coefficient (Wildman–Crippen LogP) is 1.99. The maximum atomic E-state index is 13.3. The van der Waals surface area contributed by atoms with Crippen molar-refractivity contribution in [2.24, 2.45) is 0 Å². The van der Waals surface area contributed by atoms with E-state index in [0.29, 0.717) is 5.69 Å². The number of aliphatic hydroxyl groups is 1. The average molecular weight is 197 g/mol. The normalized spacial score (nSPS) is 12.6. The average Bonchev–Trinajstić information content (AvgIpc) is 2.17. The van der Waals surface area contributed by atoms with Gasteiger partial charge in [0.25, 0.3) is 0 Å². The molecule has 1 unspecified atom stereocenters. The molecule has 0 saturated heterocycles. The van der Waals surface area contributed by atoms with Crippen LogP contribution in [0, 0.1) is 5.82 Å². The molecule has 1 atom stereocenters. The van der Waals surface area contributed by atoms with Crippen molar-refractivity contribution < 1.29 is 9.50 Å². The highest BCUT2D eigenvalue weighted by Gasteiger charge is 2.09. The van der Waals surface area contributed by atoms with Crippen LogP contribution in [0.15, 0.2) is 18.2 Å². The molecule has 0 aliphatic heterocycles. The third-order valence-electron chi connectivity index (χ3n) is 2.29. The minimum absolute atomic E-state index is 0.0503. The lowest BCUT2D eigenvalue weighted by Crippen LogP contribution is -2.11. The molecule has 1 N–H and O–H groups in total. The third-order valence-corrected chi connectivity index (χ3v) is 2.29. The van der Waals surface area contributed by atoms with Crippen LogP contribution in [-0.4, -0.2) is 25.8 Å². The maximum absolute atomic E-state index is 13.3. The van der Waals surface area contributed by atoms with Crippen molar-refractivity contribution in [1.29, 1.82) is 0 Å². The molecule has 14 heavy (non-hydrogen) atoms. The molecule has 0 aliphatic carbocycles. The van der Waals surface area contributed by atoms with E-state index in [4.69, 9.17) is 5.11 Å². The molecule has 0 aliphatic rings. The van der Waals surface area contributed by atoms with E-state index in [2.05, 4.69) is 0 Å². The van der Waals surface area contributed by atoms with Crippen LogP contribution < -0.4 is 4.90 Å². The summed E-state index contributed by atoms with van der Waals surface area (Å²) in [5.74, 6) is -0.182. The van der Waals surface area contributed by atoms with Crippen molar-refractivity contribution in [2.75, 3.05) is 25.6 Å². The third kappa shape index (κ3) is 2.23. The monoisotopic (exact) mass is 197 g/mol. The highest BCUT2D eigenvalue weighted by molar-refractivity contribution is 5.49. The zero-order valence-electron chi connectivity index (χ0n) is 8.79. The number of hydrogen-bond donors (Lipinski definition) is 1. The zero-order valence-corrected chi connectivity index (χ0v) is 8.79. The van der Waals surface area contributed by atoms with Gasteiger partial charge in [-0.05, 0) is 17.7 Å². The molecule has 0 radical (unpaired) electrons. The van der Waals surface area contributed by atoms with Crippen LogP contribution in [0.2, 0.25) is 0 Å². The lowest BCUT2D eigenvalue weighted by molar-refractivity contribution is 0.273. The molecule has 0 spiro atoms. The minimum atomic E-state index is -0.233. The molecule has 1 aromatic rings. The highest BCUT2D eigenvalue weighted by atomic mass is 19.1. The molecule has 0 fully saturated rings. The van der Waals surface area contributed by atoms with Gasteiger partial charge in [-0.25, -0.2) is 4.39 Å². The summed E-state index contributed by atoms with van der Waals surface area (Å²) in [6.45, 7) is 1.99. The van der Waals surface area contributed by atoms with Crippen LogP contribution in [0.5, 0.6) is 0 Å². The Morgan fingerprint density at radius 1 is 1.43 bits per heavy atom. The summed E-state index contributed by atoms with van der Waals surface area (Å²) in [5.41, 5.74) is 1.51. The molecule has 0 saturated carbocycles. The Balaban J connectivity index is 3.06. The van der Waals surface area contributed by atoms with Crippen LogP contribution in [0.3, 0.4) is 0 Å². The summed E-state index contributed by atoms with van der Waals surface area (Å²) < 4.78 is 13.3. The number of halogens is 1. The van der Waals surface area contributed by atoms with E-state index in [9.17, 15) is 4.39 Å². The number of benzene rings is 1. The first kappa shape index (κ1) is 11.0. The molecule has 1 rings (SSSR count). The number of anilines is 1. The second-order valence-electron chi connectivity index (χ2n) is 3.69. The van der Waals surface area contributed by atoms with E-state index in [1.54, 1.807) is 31.1 Å². The Bertz CT molecular complexity index is 312. The van der Waals surface area contributed by atoms with Crippen molar-refractivity contribution >= 4 is 5.69 Å². The molecule has 0 amide bonds. The van der Waals surface area contributed by atoms with Gasteiger partial charge in [-0.15, -0.1) is 0 Å². The predicted molar refractivity (Wildman–Crippen MR) is 56.2 cm³/mol. The van der Waals surface area contributed by atoms with Gasteiger partial charge in [0, 0.05) is 26.6 Å². The second kappa shape index (κ2) is 4.42. The number of hydrogen-bond acceptors (Lipinski definition) is 2. The Labute approximate surface area is 84.0 Å². The van der Waals surface area contributed by atoms with Gasteiger partial charge in [-0.1, -0.05) is 13.0 Å². The largest absolute Gasteiger partial charge is 0.396 e. The Kier molecular flexibility index (Phi) is 3.47. The maximum Gasteiger partial charge on any atom is 0.146 e. The van der Waals surface area contributed by atoms with Gasteiger partial charge in [0.1, 0.15) is 5.82 Å². The number of aliphatic hydroxyl groups excluding tert-OH is 1. The van der Waals surface area contributed by atoms with Crippen molar-refractivity contribution in [1.82, 2.24) is 0 Å². The first-order valence-corrected chi connectivity index (χ1v) is 4.64. The van der Waals surface area contributed by atoms with E-state index in [1.165, 1.54) is 6.07 Å². The van der Waals surface area contributed by atoms with Gasteiger partial charge < -0.3 is 10.0 Å². The van der Waals surface area contributed by atoms with Crippen LogP contribution in [0.1, 0.15) is 18.4 Å². The van der Waals surface area contributed by atoms with Crippen molar-refractivity contribution in [3.63, 3.8) is 0 Å². The molecule has 3 heteroatoms. The van der Waals surface area contributed by atoms with Crippen LogP contribution in [-0.2, 0) is 0 Å². The fourth-order valence-electron chi connectivity index (χ4n) is 1.28. The molecular weight excluding hydrogens is 181 g/mol. The fraction of sp³-hybridized carbons (Fsp3) is 0.455. The number of rotatable bonds is 3. The molecule has 0 bridgehead atoms. The Morgan fingerprint density at radius 2 is 2.07 bits per heavy atom. The summed E-state index contributed by atoms with van der Waals surface area (Å²) in [7, 11) is 3.59. The van der Waals surface area contributed by atoms with E-state index in [-0.39, 0.29) is 18.3 Å². The van der Waals surface area contributed by atoms with Gasteiger partial charge >= 0.3 is 0 Å². The zero-order chi connectivity index (χ0) is 10.7. The summed E-state index contributed by atoms with van der Waals surface area (Å²) >= 11 is 0. The molecule has 78 valence electrons. The fourth-order valence-corrected chi connectivity index (χ4v) is 1.28. The van der Waals surface area contributed by atoms with Crippen molar-refractivity contribution in [3.8, 4) is 0 Å². The minimum Gasteiger partial charge on any atom is -0.396 e.